The lowest BCUT2D eigenvalue weighted by molar-refractivity contribution is 0.0770. The van der Waals surface area contributed by atoms with Crippen molar-refractivity contribution in [3.8, 4) is 0 Å². The Morgan fingerprint density at radius 2 is 2.00 bits per heavy atom. The van der Waals surface area contributed by atoms with Crippen molar-refractivity contribution in [1.82, 2.24) is 10.2 Å². The maximum atomic E-state index is 3.80. The summed E-state index contributed by atoms with van der Waals surface area (Å²) in [5.41, 5.74) is 1.45. The summed E-state index contributed by atoms with van der Waals surface area (Å²) in [4.78, 5) is 2.69. The molecule has 118 valence electrons. The number of piperazine rings is 1. The van der Waals surface area contributed by atoms with Gasteiger partial charge in [-0.3, -0.25) is 4.90 Å². The maximum absolute atomic E-state index is 3.80. The van der Waals surface area contributed by atoms with Crippen molar-refractivity contribution < 1.29 is 0 Å². The molecule has 0 amide bonds. The first kappa shape index (κ1) is 16.9. The van der Waals surface area contributed by atoms with Crippen molar-refractivity contribution in [2.75, 3.05) is 25.9 Å². The van der Waals surface area contributed by atoms with E-state index in [4.69, 9.17) is 0 Å². The first-order valence-corrected chi connectivity index (χ1v) is 9.22. The molecule has 1 N–H and O–H groups in total. The normalized spacial score (nSPS) is 27.8. The van der Waals surface area contributed by atoms with E-state index in [1.165, 1.54) is 12.0 Å². The van der Waals surface area contributed by atoms with Crippen LogP contribution in [0.1, 0.15) is 39.7 Å². The third-order valence-electron chi connectivity index (χ3n) is 4.78. The van der Waals surface area contributed by atoms with Gasteiger partial charge in [-0.2, -0.15) is 11.8 Å². The topological polar surface area (TPSA) is 15.3 Å². The lowest BCUT2D eigenvalue weighted by atomic mass is 9.87. The molecule has 1 aromatic carbocycles. The molecular formula is C18H30N2S. The molecule has 0 saturated carbocycles. The Kier molecular flexibility index (Phi) is 5.39. The Morgan fingerprint density at radius 1 is 1.33 bits per heavy atom. The maximum Gasteiger partial charge on any atom is 0.0535 e. The SMILES string of the molecule is CCC1CNC(C)(c2ccccc2)CN1CC(C)(C)SC. The first-order chi connectivity index (χ1) is 9.90. The summed E-state index contributed by atoms with van der Waals surface area (Å²) >= 11 is 1.97. The molecule has 0 radical (unpaired) electrons. The quantitative estimate of drug-likeness (QED) is 0.892. The van der Waals surface area contributed by atoms with Crippen LogP contribution in [0.3, 0.4) is 0 Å². The van der Waals surface area contributed by atoms with Crippen LogP contribution in [0.4, 0.5) is 0 Å². The third kappa shape index (κ3) is 4.02. The van der Waals surface area contributed by atoms with Gasteiger partial charge in [0.05, 0.1) is 5.54 Å². The predicted molar refractivity (Wildman–Crippen MR) is 95.0 cm³/mol. The molecule has 1 aliphatic heterocycles. The van der Waals surface area contributed by atoms with Gasteiger partial charge in [-0.25, -0.2) is 0 Å². The highest BCUT2D eigenvalue weighted by atomic mass is 32.2. The molecule has 0 spiro atoms. The van der Waals surface area contributed by atoms with Crippen LogP contribution in [0.2, 0.25) is 0 Å². The Morgan fingerprint density at radius 3 is 2.57 bits per heavy atom. The van der Waals surface area contributed by atoms with Crippen molar-refractivity contribution >= 4 is 11.8 Å². The molecule has 1 heterocycles. The molecule has 1 aromatic rings. The van der Waals surface area contributed by atoms with Crippen LogP contribution < -0.4 is 5.32 Å². The lowest BCUT2D eigenvalue weighted by Crippen LogP contribution is -2.62. The Bertz CT molecular complexity index is 446. The summed E-state index contributed by atoms with van der Waals surface area (Å²) in [7, 11) is 0. The van der Waals surface area contributed by atoms with Crippen molar-refractivity contribution in [2.24, 2.45) is 0 Å². The van der Waals surface area contributed by atoms with Crippen LogP contribution in [-0.4, -0.2) is 41.6 Å². The Labute approximate surface area is 134 Å². The molecule has 1 fully saturated rings. The molecule has 2 unspecified atom stereocenters. The Balaban J connectivity index is 2.18. The van der Waals surface area contributed by atoms with E-state index < -0.39 is 0 Å². The fraction of sp³-hybridized carbons (Fsp3) is 0.667. The standard InChI is InChI=1S/C18H30N2S/c1-6-16-12-19-18(4,15-10-8-7-9-11-15)14-20(16)13-17(2,3)21-5/h7-11,16,19H,6,12-14H2,1-5H3. The minimum atomic E-state index is 0.0570. The number of hydrogen-bond acceptors (Lipinski definition) is 3. The highest BCUT2D eigenvalue weighted by Gasteiger charge is 2.38. The smallest absolute Gasteiger partial charge is 0.0535 e. The van der Waals surface area contributed by atoms with Gasteiger partial charge in [-0.15, -0.1) is 0 Å². The van der Waals surface area contributed by atoms with Gasteiger partial charge in [0.25, 0.3) is 0 Å². The van der Waals surface area contributed by atoms with Crippen molar-refractivity contribution in [3.63, 3.8) is 0 Å². The highest BCUT2D eigenvalue weighted by molar-refractivity contribution is 7.99. The minimum absolute atomic E-state index is 0.0570. The molecule has 3 heteroatoms. The zero-order valence-corrected chi connectivity index (χ0v) is 15.0. The monoisotopic (exact) mass is 306 g/mol. The van der Waals surface area contributed by atoms with E-state index in [1.54, 1.807) is 0 Å². The molecule has 1 saturated heterocycles. The number of rotatable bonds is 5. The zero-order valence-electron chi connectivity index (χ0n) is 14.1. The van der Waals surface area contributed by atoms with Crippen LogP contribution in [0.5, 0.6) is 0 Å². The Hall–Kier alpha value is -0.510. The molecule has 2 atom stereocenters. The van der Waals surface area contributed by atoms with Crippen molar-refractivity contribution in [2.45, 2.75) is 50.4 Å². The van der Waals surface area contributed by atoms with Crippen LogP contribution in [0.25, 0.3) is 0 Å². The average Bonchev–Trinajstić information content (AvgIpc) is 2.48. The summed E-state index contributed by atoms with van der Waals surface area (Å²) in [6.07, 6.45) is 3.43. The molecule has 0 aliphatic carbocycles. The first-order valence-electron chi connectivity index (χ1n) is 8.00. The number of benzene rings is 1. The van der Waals surface area contributed by atoms with Gasteiger partial charge in [0.15, 0.2) is 0 Å². The number of thioether (sulfide) groups is 1. The van der Waals surface area contributed by atoms with E-state index in [2.05, 4.69) is 74.5 Å². The van der Waals surface area contributed by atoms with Gasteiger partial charge in [0.2, 0.25) is 0 Å². The van der Waals surface area contributed by atoms with Crippen molar-refractivity contribution in [1.29, 1.82) is 0 Å². The van der Waals surface area contributed by atoms with Crippen LogP contribution in [0.15, 0.2) is 30.3 Å². The fourth-order valence-electron chi connectivity index (χ4n) is 3.20. The van der Waals surface area contributed by atoms with E-state index >= 15 is 0 Å². The van der Waals surface area contributed by atoms with E-state index in [9.17, 15) is 0 Å². The lowest BCUT2D eigenvalue weighted by Gasteiger charge is -2.48. The second-order valence-electron chi connectivity index (χ2n) is 7.01. The van der Waals surface area contributed by atoms with Gasteiger partial charge in [-0.05, 0) is 39.0 Å². The van der Waals surface area contributed by atoms with Crippen LogP contribution in [0, 0.1) is 0 Å². The molecule has 0 aromatic heterocycles. The summed E-state index contributed by atoms with van der Waals surface area (Å²) in [6, 6.07) is 11.5. The second-order valence-corrected chi connectivity index (χ2v) is 8.52. The number of nitrogens with one attached hydrogen (secondary N) is 1. The van der Waals surface area contributed by atoms with Crippen LogP contribution in [-0.2, 0) is 5.54 Å². The van der Waals surface area contributed by atoms with E-state index in [0.29, 0.717) is 10.8 Å². The molecule has 2 nitrogen and oxygen atoms in total. The summed E-state index contributed by atoms with van der Waals surface area (Å²) in [6.45, 7) is 12.7. The fourth-order valence-corrected chi connectivity index (χ4v) is 3.50. The van der Waals surface area contributed by atoms with E-state index in [1.807, 2.05) is 11.8 Å². The van der Waals surface area contributed by atoms with Crippen molar-refractivity contribution in [3.05, 3.63) is 35.9 Å². The minimum Gasteiger partial charge on any atom is -0.305 e. The van der Waals surface area contributed by atoms with Crippen LogP contribution >= 0.6 is 11.8 Å². The summed E-state index contributed by atoms with van der Waals surface area (Å²) in [5.74, 6) is 0. The number of nitrogens with zero attached hydrogens (tertiary/aromatic N) is 1. The summed E-state index contributed by atoms with van der Waals surface area (Å²) < 4.78 is 0.308. The van der Waals surface area contributed by atoms with Gasteiger partial charge >= 0.3 is 0 Å². The average molecular weight is 307 g/mol. The zero-order chi connectivity index (χ0) is 15.5. The molecule has 2 rings (SSSR count). The predicted octanol–water partition coefficient (Wildman–Crippen LogP) is 3.73. The summed E-state index contributed by atoms with van der Waals surface area (Å²) in [5, 5.41) is 3.80. The number of hydrogen-bond donors (Lipinski definition) is 1. The van der Waals surface area contributed by atoms with E-state index in [-0.39, 0.29) is 5.54 Å². The molecular weight excluding hydrogens is 276 g/mol. The van der Waals surface area contributed by atoms with Gasteiger partial charge < -0.3 is 5.32 Å². The largest absolute Gasteiger partial charge is 0.305 e. The van der Waals surface area contributed by atoms with Gasteiger partial charge in [-0.1, -0.05) is 37.3 Å². The highest BCUT2D eigenvalue weighted by Crippen LogP contribution is 2.30. The van der Waals surface area contributed by atoms with Gasteiger partial charge in [0.1, 0.15) is 0 Å². The molecule has 21 heavy (non-hydrogen) atoms. The third-order valence-corrected chi connectivity index (χ3v) is 6.02. The second kappa shape index (κ2) is 6.72. The van der Waals surface area contributed by atoms with Gasteiger partial charge in [0, 0.05) is 30.4 Å². The molecule has 0 bridgehead atoms. The molecule has 1 aliphatic rings. The van der Waals surface area contributed by atoms with E-state index in [0.717, 1.165) is 19.6 Å².